The minimum Gasteiger partial charge on any atom is -0.472 e. The van der Waals surface area contributed by atoms with Gasteiger partial charge in [-0.15, -0.1) is 12.4 Å². The van der Waals surface area contributed by atoms with Gasteiger partial charge in [-0.1, -0.05) is 12.1 Å². The van der Waals surface area contributed by atoms with Gasteiger partial charge in [0.2, 0.25) is 0 Å². The van der Waals surface area contributed by atoms with Crippen molar-refractivity contribution < 1.29 is 22.4 Å². The Balaban J connectivity index is 0.00000320. The zero-order valence-corrected chi connectivity index (χ0v) is 20.7. The predicted octanol–water partition coefficient (Wildman–Crippen LogP) is 5.53. The topological polar surface area (TPSA) is 87.6 Å². The lowest BCUT2D eigenvalue weighted by atomic mass is 10.0. The minimum atomic E-state index is -4.55. The number of nitrogens with two attached hydrogens (primary N) is 1. The van der Waals surface area contributed by atoms with Gasteiger partial charge in [0.05, 0.1) is 34.9 Å². The summed E-state index contributed by atoms with van der Waals surface area (Å²) in [6, 6.07) is 11.3. The van der Waals surface area contributed by atoms with Gasteiger partial charge in [-0.25, -0.2) is 0 Å². The number of benzene rings is 2. The number of anilines is 3. The molecule has 1 saturated heterocycles. The molecule has 0 aliphatic carbocycles. The number of nitrogens with zero attached hydrogens (tertiary/aromatic N) is 3. The maximum absolute atomic E-state index is 14.1. The first-order valence-corrected chi connectivity index (χ1v) is 11.4. The normalized spacial score (nSPS) is 14.4. The van der Waals surface area contributed by atoms with Gasteiger partial charge in [-0.05, 0) is 42.9 Å². The molecule has 7 nitrogen and oxygen atoms in total. The summed E-state index contributed by atoms with van der Waals surface area (Å²) in [4.78, 5) is 20.3. The number of nitrogens with one attached hydrogen (secondary N) is 1. The molecule has 0 bridgehead atoms. The van der Waals surface area contributed by atoms with Gasteiger partial charge in [-0.3, -0.25) is 9.78 Å². The van der Waals surface area contributed by atoms with Crippen LogP contribution in [-0.2, 0) is 6.18 Å². The van der Waals surface area contributed by atoms with Gasteiger partial charge in [0, 0.05) is 54.7 Å². The second-order valence-electron chi connectivity index (χ2n) is 8.80. The number of likely N-dealkylation sites (N-methyl/N-ethyl adjacent to an activating group) is 1. The highest BCUT2D eigenvalue weighted by atomic mass is 35.5. The van der Waals surface area contributed by atoms with E-state index in [9.17, 15) is 18.0 Å². The Labute approximate surface area is 217 Å². The Kier molecular flexibility index (Phi) is 7.33. The van der Waals surface area contributed by atoms with Crippen LogP contribution in [0.5, 0.6) is 0 Å². The average Bonchev–Trinajstić information content (AvgIpc) is 3.39. The van der Waals surface area contributed by atoms with Crippen LogP contribution >= 0.6 is 12.4 Å². The highest BCUT2D eigenvalue weighted by molar-refractivity contribution is 6.08. The molecule has 0 saturated carbocycles. The number of furan rings is 1. The Hall–Kier alpha value is -3.76. The van der Waals surface area contributed by atoms with E-state index in [0.29, 0.717) is 42.8 Å². The van der Waals surface area contributed by atoms with Crippen LogP contribution < -0.4 is 16.0 Å². The summed E-state index contributed by atoms with van der Waals surface area (Å²) in [6.07, 6.45) is -0.0724. The third-order valence-electron chi connectivity index (χ3n) is 6.40. The van der Waals surface area contributed by atoms with Crippen molar-refractivity contribution in [2.24, 2.45) is 5.73 Å². The summed E-state index contributed by atoms with van der Waals surface area (Å²) < 4.78 is 47.4. The molecule has 5 rings (SSSR count). The van der Waals surface area contributed by atoms with Crippen molar-refractivity contribution in [3.63, 3.8) is 0 Å². The first-order valence-electron chi connectivity index (χ1n) is 11.4. The second kappa shape index (κ2) is 10.3. The fraction of sp³-hybridized carbons (Fsp3) is 0.231. The van der Waals surface area contributed by atoms with Crippen LogP contribution in [0, 0.1) is 0 Å². The maximum atomic E-state index is 14.1. The van der Waals surface area contributed by atoms with Crippen molar-refractivity contribution in [1.29, 1.82) is 0 Å². The quantitative estimate of drug-likeness (QED) is 0.352. The Morgan fingerprint density at radius 1 is 1.05 bits per heavy atom. The van der Waals surface area contributed by atoms with Crippen molar-refractivity contribution in [3.05, 3.63) is 72.3 Å². The standard InChI is InChI=1S/C26H24F3N5O2.ClH/c1-33-7-9-34(10-8-33)23-5-3-18(13-21(23)26(27,28)29)32-24-19-4-2-16(17-6-11-36-15-17)12-22(19)31-14-20(24)25(30)35;/h2-6,11-15H,7-10H2,1H3,(H2,30,35)(H,31,32);1H. The summed E-state index contributed by atoms with van der Waals surface area (Å²) in [5.41, 5.74) is 7.78. The molecule has 194 valence electrons. The highest BCUT2D eigenvalue weighted by Gasteiger charge is 2.36. The number of rotatable bonds is 5. The van der Waals surface area contributed by atoms with Crippen LogP contribution in [0.1, 0.15) is 15.9 Å². The number of halogens is 4. The number of hydrogen-bond acceptors (Lipinski definition) is 6. The van der Waals surface area contributed by atoms with E-state index in [1.54, 1.807) is 35.6 Å². The molecule has 3 heterocycles. The Morgan fingerprint density at radius 2 is 1.81 bits per heavy atom. The minimum absolute atomic E-state index is 0. The molecular formula is C26H25ClF3N5O2. The van der Waals surface area contributed by atoms with Crippen LogP contribution in [0.2, 0.25) is 0 Å². The molecular weight excluding hydrogens is 507 g/mol. The van der Waals surface area contributed by atoms with Crippen LogP contribution in [0.4, 0.5) is 30.2 Å². The number of pyridine rings is 1. The molecule has 1 amide bonds. The lowest BCUT2D eigenvalue weighted by Crippen LogP contribution is -2.45. The van der Waals surface area contributed by atoms with Crippen LogP contribution in [0.25, 0.3) is 22.0 Å². The summed E-state index contributed by atoms with van der Waals surface area (Å²) >= 11 is 0. The molecule has 2 aromatic carbocycles. The van der Waals surface area contributed by atoms with E-state index >= 15 is 0 Å². The van der Waals surface area contributed by atoms with Crippen molar-refractivity contribution in [3.8, 4) is 11.1 Å². The third-order valence-corrected chi connectivity index (χ3v) is 6.40. The largest absolute Gasteiger partial charge is 0.472 e. The molecule has 2 aromatic heterocycles. The highest BCUT2D eigenvalue weighted by Crippen LogP contribution is 2.40. The zero-order chi connectivity index (χ0) is 25.4. The van der Waals surface area contributed by atoms with E-state index in [0.717, 1.165) is 17.2 Å². The van der Waals surface area contributed by atoms with Crippen molar-refractivity contribution >= 4 is 46.3 Å². The molecule has 37 heavy (non-hydrogen) atoms. The number of hydrogen-bond donors (Lipinski definition) is 2. The molecule has 1 aliphatic heterocycles. The zero-order valence-electron chi connectivity index (χ0n) is 19.9. The molecule has 1 fully saturated rings. The fourth-order valence-corrected chi connectivity index (χ4v) is 4.43. The van der Waals surface area contributed by atoms with E-state index in [1.807, 2.05) is 19.2 Å². The molecule has 4 aromatic rings. The molecule has 0 spiro atoms. The third kappa shape index (κ3) is 5.35. The molecule has 0 atom stereocenters. The molecule has 11 heteroatoms. The summed E-state index contributed by atoms with van der Waals surface area (Å²) in [6.45, 7) is 2.38. The Bertz CT molecular complexity index is 1420. The smallest absolute Gasteiger partial charge is 0.418 e. The maximum Gasteiger partial charge on any atom is 0.418 e. The molecule has 0 unspecified atom stereocenters. The van der Waals surface area contributed by atoms with Crippen LogP contribution in [-0.4, -0.2) is 49.0 Å². The van der Waals surface area contributed by atoms with E-state index in [-0.39, 0.29) is 29.3 Å². The monoisotopic (exact) mass is 531 g/mol. The van der Waals surface area contributed by atoms with Gasteiger partial charge in [0.15, 0.2) is 0 Å². The lowest BCUT2D eigenvalue weighted by Gasteiger charge is -2.35. The number of amides is 1. The van der Waals surface area contributed by atoms with Gasteiger partial charge in [-0.2, -0.15) is 13.2 Å². The predicted molar refractivity (Wildman–Crippen MR) is 140 cm³/mol. The summed E-state index contributed by atoms with van der Waals surface area (Å²) in [7, 11) is 1.95. The van der Waals surface area contributed by atoms with E-state index < -0.39 is 17.6 Å². The van der Waals surface area contributed by atoms with Crippen LogP contribution in [0.3, 0.4) is 0 Å². The van der Waals surface area contributed by atoms with Crippen molar-refractivity contribution in [2.75, 3.05) is 43.4 Å². The summed E-state index contributed by atoms with van der Waals surface area (Å²) in [5.74, 6) is -0.740. The number of carbonyl (C=O) groups is 1. The van der Waals surface area contributed by atoms with Gasteiger partial charge in [0.1, 0.15) is 0 Å². The first kappa shape index (κ1) is 26.3. The van der Waals surface area contributed by atoms with Crippen molar-refractivity contribution in [2.45, 2.75) is 6.18 Å². The van der Waals surface area contributed by atoms with Gasteiger partial charge in [0.25, 0.3) is 5.91 Å². The van der Waals surface area contributed by atoms with E-state index in [4.69, 9.17) is 10.2 Å². The number of primary amides is 1. The number of aromatic nitrogens is 1. The van der Waals surface area contributed by atoms with Gasteiger partial charge >= 0.3 is 6.18 Å². The fourth-order valence-electron chi connectivity index (χ4n) is 4.43. The second-order valence-corrected chi connectivity index (χ2v) is 8.80. The first-order chi connectivity index (χ1) is 17.2. The van der Waals surface area contributed by atoms with Crippen LogP contribution in [0.15, 0.2) is 65.6 Å². The molecule has 0 radical (unpaired) electrons. The lowest BCUT2D eigenvalue weighted by molar-refractivity contribution is -0.137. The summed E-state index contributed by atoms with van der Waals surface area (Å²) in [5, 5.41) is 3.57. The SMILES string of the molecule is CN1CCN(c2ccc(Nc3c(C(N)=O)cnc4cc(-c5ccoc5)ccc34)cc2C(F)(F)F)CC1.Cl. The Morgan fingerprint density at radius 3 is 2.46 bits per heavy atom. The van der Waals surface area contributed by atoms with E-state index in [1.165, 1.54) is 12.3 Å². The number of fused-ring (bicyclic) bond motifs is 1. The number of carbonyl (C=O) groups excluding carboxylic acids is 1. The van der Waals surface area contributed by atoms with Gasteiger partial charge < -0.3 is 25.3 Å². The molecule has 1 aliphatic rings. The number of alkyl halides is 3. The average molecular weight is 532 g/mol. The number of piperazine rings is 1. The van der Waals surface area contributed by atoms with E-state index in [2.05, 4.69) is 15.2 Å². The van der Waals surface area contributed by atoms with Crippen molar-refractivity contribution in [1.82, 2.24) is 9.88 Å². The molecule has 3 N–H and O–H groups in total.